The number of aryl methyl sites for hydroxylation is 1. The lowest BCUT2D eigenvalue weighted by molar-refractivity contribution is 0.0730. The van der Waals surface area contributed by atoms with E-state index in [0.717, 1.165) is 6.42 Å². The Hall–Kier alpha value is -1.74. The fourth-order valence-electron chi connectivity index (χ4n) is 2.90. The van der Waals surface area contributed by atoms with Gasteiger partial charge in [-0.25, -0.2) is 13.4 Å². The molecule has 1 aromatic heterocycles. The summed E-state index contributed by atoms with van der Waals surface area (Å²) in [5.41, 5.74) is 1.86. The highest BCUT2D eigenvalue weighted by molar-refractivity contribution is 8.00. The summed E-state index contributed by atoms with van der Waals surface area (Å²) in [6, 6.07) is 10.8. The maximum atomic E-state index is 12.6. The van der Waals surface area contributed by atoms with Crippen LogP contribution in [-0.4, -0.2) is 55.0 Å². The Balaban J connectivity index is 1.66. The van der Waals surface area contributed by atoms with Gasteiger partial charge >= 0.3 is 0 Å². The molecule has 0 bridgehead atoms. The molecule has 1 aliphatic rings. The summed E-state index contributed by atoms with van der Waals surface area (Å²) in [4.78, 5) is 17.0. The van der Waals surface area contributed by atoms with E-state index in [1.807, 2.05) is 31.2 Å². The third-order valence-electron chi connectivity index (χ3n) is 4.63. The molecular formula is C20H24N2O4S2. The average Bonchev–Trinajstić information content (AvgIpc) is 2.74. The van der Waals surface area contributed by atoms with Crippen molar-refractivity contribution in [1.29, 1.82) is 0 Å². The number of hydrogen-bond acceptors (Lipinski definition) is 6. The number of nitrogens with zero attached hydrogens (tertiary/aromatic N) is 2. The fourth-order valence-corrected chi connectivity index (χ4v) is 5.12. The van der Waals surface area contributed by atoms with Gasteiger partial charge in [0, 0.05) is 24.8 Å². The number of sulfonamides is 1. The standard InChI is InChI=1S/C20H24N2O4S2/c1-3-16-4-6-17(7-5-16)20(23)15(2)27-19-9-8-18(14-21-19)28(24,25)22-10-12-26-13-11-22/h4-9,14-15H,3,10-13H2,1-2H3. The van der Waals surface area contributed by atoms with Gasteiger partial charge in [-0.1, -0.05) is 43.0 Å². The third-order valence-corrected chi connectivity index (χ3v) is 7.56. The van der Waals surface area contributed by atoms with Crippen LogP contribution in [0.5, 0.6) is 0 Å². The van der Waals surface area contributed by atoms with Crippen LogP contribution in [-0.2, 0) is 21.2 Å². The maximum absolute atomic E-state index is 12.6. The molecule has 150 valence electrons. The van der Waals surface area contributed by atoms with E-state index in [0.29, 0.717) is 36.9 Å². The lowest BCUT2D eigenvalue weighted by Gasteiger charge is -2.25. The number of hydrogen-bond donors (Lipinski definition) is 0. The molecule has 3 rings (SSSR count). The van der Waals surface area contributed by atoms with Gasteiger partial charge in [0.15, 0.2) is 5.78 Å². The Morgan fingerprint density at radius 1 is 1.18 bits per heavy atom. The zero-order chi connectivity index (χ0) is 20.1. The Bertz CT molecular complexity index is 906. The number of morpholine rings is 1. The monoisotopic (exact) mass is 420 g/mol. The lowest BCUT2D eigenvalue weighted by atomic mass is 10.1. The van der Waals surface area contributed by atoms with E-state index < -0.39 is 10.0 Å². The van der Waals surface area contributed by atoms with Crippen molar-refractivity contribution in [3.63, 3.8) is 0 Å². The molecule has 0 aliphatic carbocycles. The van der Waals surface area contributed by atoms with Gasteiger partial charge in [-0.3, -0.25) is 4.79 Å². The van der Waals surface area contributed by atoms with Crippen LogP contribution in [0.1, 0.15) is 29.8 Å². The normalized spacial score (nSPS) is 16.6. The summed E-state index contributed by atoms with van der Waals surface area (Å²) < 4.78 is 31.9. The highest BCUT2D eigenvalue weighted by Crippen LogP contribution is 2.26. The second-order valence-corrected chi connectivity index (χ2v) is 9.82. The number of carbonyl (C=O) groups excluding carboxylic acids is 1. The SMILES string of the molecule is CCc1ccc(C(=O)C(C)Sc2ccc(S(=O)(=O)N3CCOCC3)cn2)cc1. The molecule has 1 fully saturated rings. The average molecular weight is 421 g/mol. The van der Waals surface area contributed by atoms with Gasteiger partial charge in [-0.05, 0) is 31.0 Å². The molecule has 2 heterocycles. The minimum atomic E-state index is -3.56. The second-order valence-electron chi connectivity index (χ2n) is 6.52. The molecule has 28 heavy (non-hydrogen) atoms. The summed E-state index contributed by atoms with van der Waals surface area (Å²) >= 11 is 1.32. The van der Waals surface area contributed by atoms with E-state index in [9.17, 15) is 13.2 Å². The van der Waals surface area contributed by atoms with Crippen LogP contribution in [0.2, 0.25) is 0 Å². The number of ketones is 1. The molecule has 0 saturated carbocycles. The van der Waals surface area contributed by atoms with Crippen LogP contribution in [0.4, 0.5) is 0 Å². The Kier molecular flexibility index (Phi) is 6.87. The summed E-state index contributed by atoms with van der Waals surface area (Å²) in [6.45, 7) is 5.41. The molecule has 0 N–H and O–H groups in total. The number of thioether (sulfide) groups is 1. The van der Waals surface area contributed by atoms with Gasteiger partial charge in [0.1, 0.15) is 4.90 Å². The highest BCUT2D eigenvalue weighted by Gasteiger charge is 2.26. The largest absolute Gasteiger partial charge is 0.379 e. The van der Waals surface area contributed by atoms with Crippen molar-refractivity contribution >= 4 is 27.6 Å². The molecule has 6 nitrogen and oxygen atoms in total. The summed E-state index contributed by atoms with van der Waals surface area (Å²) in [5.74, 6) is 0.0273. The van der Waals surface area contributed by atoms with Crippen molar-refractivity contribution in [3.05, 3.63) is 53.7 Å². The molecule has 0 spiro atoms. The summed E-state index contributed by atoms with van der Waals surface area (Å²) in [5, 5.41) is 0.300. The molecule has 1 unspecified atom stereocenters. The van der Waals surface area contributed by atoms with Crippen LogP contribution in [0.15, 0.2) is 52.5 Å². The van der Waals surface area contributed by atoms with Gasteiger partial charge in [-0.2, -0.15) is 4.31 Å². The van der Waals surface area contributed by atoms with Crippen LogP contribution in [0, 0.1) is 0 Å². The first kappa shape index (κ1) is 21.0. The van der Waals surface area contributed by atoms with Gasteiger partial charge in [-0.15, -0.1) is 0 Å². The third kappa shape index (κ3) is 4.81. The molecule has 1 aromatic carbocycles. The molecule has 2 aromatic rings. The lowest BCUT2D eigenvalue weighted by Crippen LogP contribution is -2.40. The Labute approximate surface area is 170 Å². The molecule has 8 heteroatoms. The van der Waals surface area contributed by atoms with E-state index in [4.69, 9.17) is 4.74 Å². The minimum absolute atomic E-state index is 0.0273. The zero-order valence-electron chi connectivity index (χ0n) is 16.0. The van der Waals surface area contributed by atoms with Gasteiger partial charge in [0.2, 0.25) is 10.0 Å². The van der Waals surface area contributed by atoms with Crippen LogP contribution >= 0.6 is 11.8 Å². The first-order valence-electron chi connectivity index (χ1n) is 9.25. The maximum Gasteiger partial charge on any atom is 0.244 e. The van der Waals surface area contributed by atoms with E-state index in [1.54, 1.807) is 12.1 Å². The quantitative estimate of drug-likeness (QED) is 0.506. The van der Waals surface area contributed by atoms with Crippen molar-refractivity contribution in [2.75, 3.05) is 26.3 Å². The van der Waals surface area contributed by atoms with Crippen molar-refractivity contribution in [1.82, 2.24) is 9.29 Å². The number of aromatic nitrogens is 1. The van der Waals surface area contributed by atoms with E-state index >= 15 is 0 Å². The number of rotatable bonds is 7. The zero-order valence-corrected chi connectivity index (χ0v) is 17.6. The molecule has 0 amide bonds. The number of carbonyl (C=O) groups is 1. The summed E-state index contributed by atoms with van der Waals surface area (Å²) in [7, 11) is -3.56. The van der Waals surface area contributed by atoms with E-state index in [1.165, 1.54) is 27.8 Å². The van der Waals surface area contributed by atoms with E-state index in [-0.39, 0.29) is 15.9 Å². The highest BCUT2D eigenvalue weighted by atomic mass is 32.2. The summed E-state index contributed by atoms with van der Waals surface area (Å²) in [6.07, 6.45) is 2.29. The van der Waals surface area contributed by atoms with E-state index in [2.05, 4.69) is 11.9 Å². The molecule has 1 atom stereocenters. The first-order chi connectivity index (χ1) is 13.4. The predicted octanol–water partition coefficient (Wildman–Crippen LogP) is 3.03. The Morgan fingerprint density at radius 2 is 1.86 bits per heavy atom. The smallest absolute Gasteiger partial charge is 0.244 e. The Morgan fingerprint density at radius 3 is 2.43 bits per heavy atom. The van der Waals surface area contributed by atoms with Crippen molar-refractivity contribution in [2.45, 2.75) is 35.4 Å². The molecule has 1 aliphatic heterocycles. The molecule has 1 saturated heterocycles. The number of pyridine rings is 1. The van der Waals surface area contributed by atoms with Crippen LogP contribution < -0.4 is 0 Å². The fraction of sp³-hybridized carbons (Fsp3) is 0.400. The minimum Gasteiger partial charge on any atom is -0.379 e. The molecule has 0 radical (unpaired) electrons. The van der Waals surface area contributed by atoms with Gasteiger partial charge in [0.25, 0.3) is 0 Å². The van der Waals surface area contributed by atoms with Crippen LogP contribution in [0.3, 0.4) is 0 Å². The van der Waals surface area contributed by atoms with Crippen LogP contribution in [0.25, 0.3) is 0 Å². The van der Waals surface area contributed by atoms with Gasteiger partial charge in [0.05, 0.1) is 23.5 Å². The van der Waals surface area contributed by atoms with Crippen molar-refractivity contribution in [2.24, 2.45) is 0 Å². The first-order valence-corrected chi connectivity index (χ1v) is 11.6. The second kappa shape index (κ2) is 9.17. The predicted molar refractivity (Wildman–Crippen MR) is 109 cm³/mol. The van der Waals surface area contributed by atoms with Crippen molar-refractivity contribution in [3.8, 4) is 0 Å². The number of ether oxygens (including phenoxy) is 1. The van der Waals surface area contributed by atoms with Gasteiger partial charge < -0.3 is 4.74 Å². The number of benzene rings is 1. The number of Topliss-reactive ketones (excluding diaryl/α,β-unsaturated/α-hetero) is 1. The van der Waals surface area contributed by atoms with Crippen molar-refractivity contribution < 1.29 is 17.9 Å². The molecular weight excluding hydrogens is 396 g/mol. The topological polar surface area (TPSA) is 76.6 Å².